The van der Waals surface area contributed by atoms with Gasteiger partial charge in [-0.3, -0.25) is 9.36 Å². The van der Waals surface area contributed by atoms with Gasteiger partial charge in [-0.1, -0.05) is 29.8 Å². The van der Waals surface area contributed by atoms with Crippen LogP contribution in [0, 0.1) is 6.92 Å². The SMILES string of the molecule is CCn1c(-c2ccc(C)cc2)nc2cc(C=O)oc21. The van der Waals surface area contributed by atoms with E-state index in [0.29, 0.717) is 17.8 Å². The average molecular weight is 254 g/mol. The minimum atomic E-state index is 0.315. The third-order valence-corrected chi connectivity index (χ3v) is 3.18. The van der Waals surface area contributed by atoms with E-state index in [-0.39, 0.29) is 0 Å². The molecule has 2 heterocycles. The summed E-state index contributed by atoms with van der Waals surface area (Å²) in [6.45, 7) is 4.83. The van der Waals surface area contributed by atoms with Gasteiger partial charge in [0.1, 0.15) is 11.3 Å². The number of imidazole rings is 1. The zero-order chi connectivity index (χ0) is 13.4. The van der Waals surface area contributed by atoms with Crippen LogP contribution >= 0.6 is 0 Å². The number of fused-ring (bicyclic) bond motifs is 1. The van der Waals surface area contributed by atoms with Gasteiger partial charge in [-0.15, -0.1) is 0 Å². The van der Waals surface area contributed by atoms with Gasteiger partial charge in [0, 0.05) is 18.2 Å². The Bertz CT molecular complexity index is 735. The summed E-state index contributed by atoms with van der Waals surface area (Å²) in [6.07, 6.45) is 0.702. The Morgan fingerprint density at radius 3 is 2.68 bits per heavy atom. The summed E-state index contributed by atoms with van der Waals surface area (Å²) >= 11 is 0. The summed E-state index contributed by atoms with van der Waals surface area (Å²) in [5.74, 6) is 1.18. The lowest BCUT2D eigenvalue weighted by Crippen LogP contribution is -1.97. The van der Waals surface area contributed by atoms with Gasteiger partial charge in [0.2, 0.25) is 5.71 Å². The van der Waals surface area contributed by atoms with Crippen LogP contribution in [0.15, 0.2) is 34.7 Å². The lowest BCUT2D eigenvalue weighted by molar-refractivity contribution is 0.110. The Morgan fingerprint density at radius 2 is 2.05 bits per heavy atom. The van der Waals surface area contributed by atoms with Crippen molar-refractivity contribution >= 4 is 17.5 Å². The van der Waals surface area contributed by atoms with Crippen LogP contribution in [-0.4, -0.2) is 15.8 Å². The normalized spacial score (nSPS) is 11.1. The summed E-state index contributed by atoms with van der Waals surface area (Å²) in [5, 5.41) is 0. The topological polar surface area (TPSA) is 48.0 Å². The van der Waals surface area contributed by atoms with E-state index in [1.807, 2.05) is 23.6 Å². The van der Waals surface area contributed by atoms with E-state index >= 15 is 0 Å². The molecule has 96 valence electrons. The maximum atomic E-state index is 10.7. The molecule has 0 aliphatic carbocycles. The van der Waals surface area contributed by atoms with Gasteiger partial charge in [0.15, 0.2) is 12.0 Å². The van der Waals surface area contributed by atoms with E-state index < -0.39 is 0 Å². The number of benzene rings is 1. The Morgan fingerprint density at radius 1 is 1.32 bits per heavy atom. The Balaban J connectivity index is 2.20. The predicted molar refractivity (Wildman–Crippen MR) is 73.2 cm³/mol. The second-order valence-electron chi connectivity index (χ2n) is 4.50. The smallest absolute Gasteiger partial charge is 0.227 e. The molecule has 2 aromatic heterocycles. The van der Waals surface area contributed by atoms with Crippen LogP contribution in [0.3, 0.4) is 0 Å². The molecule has 4 nitrogen and oxygen atoms in total. The predicted octanol–water partition coefficient (Wildman–Crippen LogP) is 3.44. The summed E-state index contributed by atoms with van der Waals surface area (Å²) in [7, 11) is 0. The highest BCUT2D eigenvalue weighted by molar-refractivity contribution is 5.83. The molecular weight excluding hydrogens is 240 g/mol. The lowest BCUT2D eigenvalue weighted by Gasteiger charge is -2.05. The monoisotopic (exact) mass is 254 g/mol. The molecule has 0 N–H and O–H groups in total. The van der Waals surface area contributed by atoms with E-state index in [9.17, 15) is 4.79 Å². The molecule has 0 aliphatic rings. The number of aldehydes is 1. The van der Waals surface area contributed by atoms with Crippen LogP contribution in [0.1, 0.15) is 23.0 Å². The van der Waals surface area contributed by atoms with Crippen molar-refractivity contribution in [3.8, 4) is 11.4 Å². The number of carbonyl (C=O) groups is 1. The molecule has 1 aromatic carbocycles. The molecule has 0 atom stereocenters. The first-order valence-corrected chi connectivity index (χ1v) is 6.25. The first kappa shape index (κ1) is 11.7. The van der Waals surface area contributed by atoms with Crippen molar-refractivity contribution in [3.63, 3.8) is 0 Å². The van der Waals surface area contributed by atoms with Crippen LogP contribution in [0.4, 0.5) is 0 Å². The fourth-order valence-corrected chi connectivity index (χ4v) is 2.21. The fourth-order valence-electron chi connectivity index (χ4n) is 2.21. The number of furan rings is 1. The summed E-state index contributed by atoms with van der Waals surface area (Å²) in [5.41, 5.74) is 3.64. The molecule has 0 spiro atoms. The van der Waals surface area contributed by atoms with Crippen molar-refractivity contribution in [3.05, 3.63) is 41.7 Å². The van der Waals surface area contributed by atoms with Crippen molar-refractivity contribution < 1.29 is 9.21 Å². The highest BCUT2D eigenvalue weighted by Crippen LogP contribution is 2.26. The average Bonchev–Trinajstić information content (AvgIpc) is 2.96. The molecule has 3 aromatic rings. The highest BCUT2D eigenvalue weighted by atomic mass is 16.4. The quantitative estimate of drug-likeness (QED) is 0.673. The van der Waals surface area contributed by atoms with E-state index in [1.54, 1.807) is 6.07 Å². The lowest BCUT2D eigenvalue weighted by atomic mass is 10.1. The fraction of sp³-hybridized carbons (Fsp3) is 0.200. The van der Waals surface area contributed by atoms with Crippen LogP contribution in [0.5, 0.6) is 0 Å². The summed E-state index contributed by atoms with van der Waals surface area (Å²) in [4.78, 5) is 15.3. The molecule has 0 bridgehead atoms. The van der Waals surface area contributed by atoms with Gasteiger partial charge in [0.05, 0.1) is 0 Å². The number of hydrogen-bond donors (Lipinski definition) is 0. The molecule has 3 rings (SSSR count). The molecule has 0 radical (unpaired) electrons. The molecule has 0 aliphatic heterocycles. The maximum Gasteiger partial charge on any atom is 0.227 e. The van der Waals surface area contributed by atoms with Crippen molar-refractivity contribution in [1.29, 1.82) is 0 Å². The second-order valence-corrected chi connectivity index (χ2v) is 4.50. The Kier molecular flexibility index (Phi) is 2.71. The minimum Gasteiger partial charge on any atom is -0.435 e. The van der Waals surface area contributed by atoms with E-state index in [4.69, 9.17) is 4.42 Å². The summed E-state index contributed by atoms with van der Waals surface area (Å²) in [6, 6.07) is 9.88. The van der Waals surface area contributed by atoms with Crippen LogP contribution in [0.25, 0.3) is 22.6 Å². The molecule has 4 heteroatoms. The standard InChI is InChI=1S/C15H14N2O2/c1-3-17-14(11-6-4-10(2)5-7-11)16-13-8-12(9-18)19-15(13)17/h4-9H,3H2,1-2H3. The van der Waals surface area contributed by atoms with Gasteiger partial charge in [0.25, 0.3) is 0 Å². The van der Waals surface area contributed by atoms with Crippen LogP contribution in [-0.2, 0) is 6.54 Å². The number of nitrogens with zero attached hydrogens (tertiary/aromatic N) is 2. The van der Waals surface area contributed by atoms with Crippen LogP contribution in [0.2, 0.25) is 0 Å². The van der Waals surface area contributed by atoms with Gasteiger partial charge >= 0.3 is 0 Å². The third-order valence-electron chi connectivity index (χ3n) is 3.18. The third kappa shape index (κ3) is 1.85. The van der Waals surface area contributed by atoms with Gasteiger partial charge in [-0.25, -0.2) is 4.98 Å². The maximum absolute atomic E-state index is 10.7. The largest absolute Gasteiger partial charge is 0.435 e. The molecule has 0 saturated heterocycles. The number of aromatic nitrogens is 2. The van der Waals surface area contributed by atoms with Crippen molar-refractivity contribution in [2.45, 2.75) is 20.4 Å². The van der Waals surface area contributed by atoms with E-state index in [1.165, 1.54) is 5.56 Å². The van der Waals surface area contributed by atoms with Crippen molar-refractivity contribution in [1.82, 2.24) is 9.55 Å². The molecule has 0 amide bonds. The summed E-state index contributed by atoms with van der Waals surface area (Å²) < 4.78 is 7.48. The molecule has 0 fully saturated rings. The number of rotatable bonds is 3. The number of aryl methyl sites for hydroxylation is 2. The first-order chi connectivity index (χ1) is 9.22. The van der Waals surface area contributed by atoms with Gasteiger partial charge in [-0.05, 0) is 13.8 Å². The van der Waals surface area contributed by atoms with Crippen LogP contribution < -0.4 is 0 Å². The number of hydrogen-bond acceptors (Lipinski definition) is 3. The zero-order valence-electron chi connectivity index (χ0n) is 10.9. The number of carbonyl (C=O) groups excluding carboxylic acids is 1. The van der Waals surface area contributed by atoms with Gasteiger partial charge in [-0.2, -0.15) is 0 Å². The second kappa shape index (κ2) is 4.39. The van der Waals surface area contributed by atoms with Crippen molar-refractivity contribution in [2.24, 2.45) is 0 Å². The molecule has 0 unspecified atom stereocenters. The molecular formula is C15H14N2O2. The highest BCUT2D eigenvalue weighted by Gasteiger charge is 2.15. The Labute approximate surface area is 110 Å². The van der Waals surface area contributed by atoms with E-state index in [0.717, 1.165) is 23.4 Å². The first-order valence-electron chi connectivity index (χ1n) is 6.25. The Hall–Kier alpha value is -2.36. The minimum absolute atomic E-state index is 0.315. The molecule has 19 heavy (non-hydrogen) atoms. The van der Waals surface area contributed by atoms with Gasteiger partial charge < -0.3 is 4.42 Å². The zero-order valence-corrected chi connectivity index (χ0v) is 10.9. The van der Waals surface area contributed by atoms with E-state index in [2.05, 4.69) is 24.0 Å². The van der Waals surface area contributed by atoms with Crippen molar-refractivity contribution in [2.75, 3.05) is 0 Å². The molecule has 0 saturated carbocycles.